The van der Waals surface area contributed by atoms with E-state index in [1.165, 1.54) is 11.3 Å². The number of nitrogens with one attached hydrogen (secondary N) is 1. The number of hydrogen-bond donors (Lipinski definition) is 3. The second kappa shape index (κ2) is 10.7. The number of thioether (sulfide) groups is 1. The van der Waals surface area contributed by atoms with E-state index in [9.17, 15) is 5.11 Å². The molecule has 0 saturated carbocycles. The third kappa shape index (κ3) is 5.85. The fraction of sp³-hybridized carbons (Fsp3) is 0.217. The third-order valence-electron chi connectivity index (χ3n) is 4.68. The van der Waals surface area contributed by atoms with Gasteiger partial charge in [0.25, 0.3) is 0 Å². The van der Waals surface area contributed by atoms with E-state index in [-0.39, 0.29) is 5.25 Å². The van der Waals surface area contributed by atoms with E-state index in [1.54, 1.807) is 35.7 Å². The summed E-state index contributed by atoms with van der Waals surface area (Å²) in [6.07, 6.45) is 4.24. The lowest BCUT2D eigenvalue weighted by Gasteiger charge is -2.15. The van der Waals surface area contributed by atoms with Crippen molar-refractivity contribution in [1.82, 2.24) is 19.9 Å². The number of aliphatic hydroxyl groups is 2. The highest BCUT2D eigenvalue weighted by molar-refractivity contribution is 7.99. The maximum Gasteiger partial charge on any atom is 0.188 e. The zero-order valence-corrected chi connectivity index (χ0v) is 19.7. The summed E-state index contributed by atoms with van der Waals surface area (Å²) in [6, 6.07) is 11.5. The largest absolute Gasteiger partial charge is 0.452 e. The van der Waals surface area contributed by atoms with Gasteiger partial charge in [-0.05, 0) is 44.2 Å². The lowest BCUT2D eigenvalue weighted by atomic mass is 10.3. The minimum Gasteiger partial charge on any atom is -0.452 e. The highest BCUT2D eigenvalue weighted by Gasteiger charge is 2.16. The summed E-state index contributed by atoms with van der Waals surface area (Å²) < 4.78 is 6.19. The summed E-state index contributed by atoms with van der Waals surface area (Å²) >= 11 is 2.93. The molecule has 0 bridgehead atoms. The summed E-state index contributed by atoms with van der Waals surface area (Å²) in [5.41, 5.74) is 2.13. The zero-order valence-electron chi connectivity index (χ0n) is 18.0. The van der Waals surface area contributed by atoms with Crippen molar-refractivity contribution in [2.24, 2.45) is 0 Å². The first kappa shape index (κ1) is 23.1. The Morgan fingerprint density at radius 2 is 1.94 bits per heavy atom. The summed E-state index contributed by atoms with van der Waals surface area (Å²) in [5, 5.41) is 24.5. The molecule has 2 unspecified atom stereocenters. The van der Waals surface area contributed by atoms with Gasteiger partial charge < -0.3 is 20.3 Å². The molecule has 0 aliphatic carbocycles. The predicted octanol–water partition coefficient (Wildman–Crippen LogP) is 5.05. The topological polar surface area (TPSA) is 113 Å². The molecule has 0 saturated heterocycles. The quantitative estimate of drug-likeness (QED) is 0.283. The number of anilines is 2. The van der Waals surface area contributed by atoms with Crippen LogP contribution < -0.4 is 10.1 Å². The highest BCUT2D eigenvalue weighted by atomic mass is 32.2. The number of ether oxygens (including phenoxy) is 1. The van der Waals surface area contributed by atoms with Gasteiger partial charge in [0.05, 0.1) is 23.7 Å². The number of rotatable bonds is 9. The molecule has 0 amide bonds. The average molecular weight is 482 g/mol. The van der Waals surface area contributed by atoms with E-state index >= 15 is 0 Å². The molecule has 8 nitrogen and oxygen atoms in total. The Labute approximate surface area is 199 Å². The van der Waals surface area contributed by atoms with Gasteiger partial charge in [-0.1, -0.05) is 6.07 Å². The van der Waals surface area contributed by atoms with Crippen LogP contribution in [0, 0.1) is 6.92 Å². The van der Waals surface area contributed by atoms with Gasteiger partial charge in [-0.3, -0.25) is 9.97 Å². The SMILES string of the molecule is Cc1ncccc1Oc1cc(SC(C)c2ccccn2)cnc1Nc1nc(C(O)CO)cs1. The molecule has 4 heterocycles. The van der Waals surface area contributed by atoms with Gasteiger partial charge in [-0.2, -0.15) is 0 Å². The van der Waals surface area contributed by atoms with E-state index < -0.39 is 12.7 Å². The number of thiazole rings is 1. The van der Waals surface area contributed by atoms with Gasteiger partial charge >= 0.3 is 0 Å². The van der Waals surface area contributed by atoms with Gasteiger partial charge in [0.15, 0.2) is 16.7 Å². The Morgan fingerprint density at radius 3 is 2.70 bits per heavy atom. The van der Waals surface area contributed by atoms with Crippen LogP contribution in [-0.2, 0) is 0 Å². The van der Waals surface area contributed by atoms with E-state index in [0.29, 0.717) is 28.1 Å². The van der Waals surface area contributed by atoms with Crippen LogP contribution in [0.1, 0.15) is 35.4 Å². The molecule has 2 atom stereocenters. The maximum absolute atomic E-state index is 9.81. The van der Waals surface area contributed by atoms with Crippen molar-refractivity contribution in [3.05, 3.63) is 77.5 Å². The molecular weight excluding hydrogens is 458 g/mol. The molecule has 4 aromatic heterocycles. The molecule has 170 valence electrons. The van der Waals surface area contributed by atoms with Gasteiger partial charge in [0, 0.05) is 34.1 Å². The van der Waals surface area contributed by atoms with Crippen LogP contribution in [0.5, 0.6) is 11.5 Å². The first-order valence-electron chi connectivity index (χ1n) is 10.2. The van der Waals surface area contributed by atoms with Gasteiger partial charge in [-0.15, -0.1) is 23.1 Å². The third-order valence-corrected chi connectivity index (χ3v) is 6.55. The lowest BCUT2D eigenvalue weighted by molar-refractivity contribution is 0.0928. The first-order valence-corrected chi connectivity index (χ1v) is 12.0. The van der Waals surface area contributed by atoms with Gasteiger partial charge in [-0.25, -0.2) is 9.97 Å². The van der Waals surface area contributed by atoms with Crippen molar-refractivity contribution >= 4 is 34.0 Å². The smallest absolute Gasteiger partial charge is 0.188 e. The van der Waals surface area contributed by atoms with Crippen LogP contribution in [-0.4, -0.2) is 36.8 Å². The summed E-state index contributed by atoms with van der Waals surface area (Å²) in [5.74, 6) is 1.62. The van der Waals surface area contributed by atoms with E-state index in [2.05, 4.69) is 32.2 Å². The molecule has 0 aliphatic rings. The highest BCUT2D eigenvalue weighted by Crippen LogP contribution is 2.39. The molecule has 0 aliphatic heterocycles. The second-order valence-electron chi connectivity index (χ2n) is 7.12. The van der Waals surface area contributed by atoms with Crippen molar-refractivity contribution in [3.8, 4) is 11.5 Å². The minimum absolute atomic E-state index is 0.126. The molecule has 0 fully saturated rings. The number of aromatic nitrogens is 4. The number of pyridine rings is 3. The summed E-state index contributed by atoms with van der Waals surface area (Å²) in [4.78, 5) is 18.6. The standard InChI is InChI=1S/C23H23N5O3S2/c1-14-20(7-5-9-24-14)31-21-10-16(33-15(2)17-6-3-4-8-25-17)11-26-22(21)28-23-27-18(13-32-23)19(30)12-29/h3-11,13,15,19,29-30H,12H2,1-2H3,(H,26,27,28). The van der Waals surface area contributed by atoms with Crippen LogP contribution in [0.4, 0.5) is 10.9 Å². The van der Waals surface area contributed by atoms with Crippen molar-refractivity contribution in [2.75, 3.05) is 11.9 Å². The molecule has 4 aromatic rings. The second-order valence-corrected chi connectivity index (χ2v) is 9.39. The Hall–Kier alpha value is -3.05. The number of hydrogen-bond acceptors (Lipinski definition) is 10. The molecule has 0 aromatic carbocycles. The molecule has 33 heavy (non-hydrogen) atoms. The van der Waals surface area contributed by atoms with Crippen LogP contribution >= 0.6 is 23.1 Å². The fourth-order valence-electron chi connectivity index (χ4n) is 2.93. The normalized spacial score (nSPS) is 12.8. The number of aryl methyl sites for hydroxylation is 1. The monoisotopic (exact) mass is 481 g/mol. The molecule has 3 N–H and O–H groups in total. The average Bonchev–Trinajstić information content (AvgIpc) is 3.31. The maximum atomic E-state index is 9.81. The van der Waals surface area contributed by atoms with Gasteiger partial charge in [0.2, 0.25) is 0 Å². The Morgan fingerprint density at radius 1 is 1.09 bits per heavy atom. The molecule has 0 spiro atoms. The van der Waals surface area contributed by atoms with Crippen LogP contribution in [0.15, 0.2) is 65.3 Å². The zero-order chi connectivity index (χ0) is 23.2. The van der Waals surface area contributed by atoms with Gasteiger partial charge in [0.1, 0.15) is 11.9 Å². The van der Waals surface area contributed by atoms with Crippen LogP contribution in [0.3, 0.4) is 0 Å². The summed E-state index contributed by atoms with van der Waals surface area (Å²) in [6.45, 7) is 3.58. The minimum atomic E-state index is -1.02. The molecule has 10 heteroatoms. The van der Waals surface area contributed by atoms with Crippen molar-refractivity contribution < 1.29 is 14.9 Å². The molecular formula is C23H23N5O3S2. The summed E-state index contributed by atoms with van der Waals surface area (Å²) in [7, 11) is 0. The van der Waals surface area contributed by atoms with Crippen LogP contribution in [0.25, 0.3) is 0 Å². The predicted molar refractivity (Wildman–Crippen MR) is 129 cm³/mol. The van der Waals surface area contributed by atoms with E-state index in [0.717, 1.165) is 16.3 Å². The van der Waals surface area contributed by atoms with E-state index in [4.69, 9.17) is 9.84 Å². The fourth-order valence-corrected chi connectivity index (χ4v) is 4.64. The van der Waals surface area contributed by atoms with Crippen molar-refractivity contribution in [2.45, 2.75) is 30.1 Å². The van der Waals surface area contributed by atoms with E-state index in [1.807, 2.05) is 43.3 Å². The van der Waals surface area contributed by atoms with Crippen molar-refractivity contribution in [3.63, 3.8) is 0 Å². The lowest BCUT2D eigenvalue weighted by Crippen LogP contribution is -2.03. The Kier molecular flexibility index (Phi) is 7.50. The van der Waals surface area contributed by atoms with Crippen LogP contribution in [0.2, 0.25) is 0 Å². The molecule has 4 rings (SSSR count). The Balaban J connectivity index is 1.62. The number of aliphatic hydroxyl groups excluding tert-OH is 2. The van der Waals surface area contributed by atoms with Crippen molar-refractivity contribution in [1.29, 1.82) is 0 Å². The first-order chi connectivity index (χ1) is 16.0. The number of nitrogens with zero attached hydrogens (tertiary/aromatic N) is 4. The molecule has 0 radical (unpaired) electrons. The Bertz CT molecular complexity index is 1210.